The molecule has 0 saturated heterocycles. The Morgan fingerprint density at radius 2 is 1.67 bits per heavy atom. The normalized spacial score (nSPS) is 12.3. The Morgan fingerprint density at radius 3 is 2.26 bits per heavy atom. The molecule has 0 aliphatic heterocycles. The molecule has 27 heavy (non-hydrogen) atoms. The van der Waals surface area contributed by atoms with E-state index in [0.717, 1.165) is 16.9 Å². The van der Waals surface area contributed by atoms with Gasteiger partial charge in [0.05, 0.1) is 13.2 Å². The van der Waals surface area contributed by atoms with Gasteiger partial charge in [0.2, 0.25) is 5.91 Å². The minimum Gasteiger partial charge on any atom is -0.469 e. The molecule has 0 bridgehead atoms. The first-order chi connectivity index (χ1) is 13.0. The zero-order chi connectivity index (χ0) is 19.6. The molecule has 0 saturated carbocycles. The molecule has 2 rings (SSSR count). The molecule has 0 aliphatic carbocycles. The molecular formula is C22H25NO3S. The molecule has 0 aliphatic rings. The van der Waals surface area contributed by atoms with Gasteiger partial charge in [0.25, 0.3) is 0 Å². The lowest BCUT2D eigenvalue weighted by Crippen LogP contribution is -2.31. The molecule has 0 spiro atoms. The predicted octanol–water partition coefficient (Wildman–Crippen LogP) is 4.84. The molecular weight excluding hydrogens is 358 g/mol. The highest BCUT2D eigenvalue weighted by atomic mass is 32.2. The first-order valence-electron chi connectivity index (χ1n) is 8.79. The van der Waals surface area contributed by atoms with Crippen molar-refractivity contribution in [1.82, 2.24) is 4.90 Å². The average molecular weight is 384 g/mol. The highest BCUT2D eigenvalue weighted by Crippen LogP contribution is 2.24. The fourth-order valence-corrected chi connectivity index (χ4v) is 3.39. The van der Waals surface area contributed by atoms with Gasteiger partial charge in [-0.15, -0.1) is 11.8 Å². The summed E-state index contributed by atoms with van der Waals surface area (Å²) >= 11 is 1.71. The summed E-state index contributed by atoms with van der Waals surface area (Å²) in [6.07, 6.45) is 1.57. The molecule has 1 amide bonds. The number of nitrogens with zero attached hydrogens (tertiary/aromatic N) is 1. The zero-order valence-electron chi connectivity index (χ0n) is 15.9. The molecule has 2 aromatic rings. The first kappa shape index (κ1) is 20.8. The Balaban J connectivity index is 2.17. The van der Waals surface area contributed by atoms with Crippen LogP contribution < -0.4 is 0 Å². The summed E-state index contributed by atoms with van der Waals surface area (Å²) in [5.41, 5.74) is 2.06. The summed E-state index contributed by atoms with van der Waals surface area (Å²) in [4.78, 5) is 27.1. The number of ether oxygens (including phenoxy) is 1. The van der Waals surface area contributed by atoms with Crippen molar-refractivity contribution in [3.05, 3.63) is 78.0 Å². The van der Waals surface area contributed by atoms with Gasteiger partial charge in [0.1, 0.15) is 6.42 Å². The number of carbonyl (C=O) groups is 2. The van der Waals surface area contributed by atoms with Crippen LogP contribution in [-0.2, 0) is 14.3 Å². The van der Waals surface area contributed by atoms with Crippen molar-refractivity contribution in [2.45, 2.75) is 31.2 Å². The van der Waals surface area contributed by atoms with Crippen molar-refractivity contribution in [3.63, 3.8) is 0 Å². The maximum absolute atomic E-state index is 12.7. The standard InChI is InChI=1S/C22H25NO3S/c1-17(16-27-20-12-8-5-9-13-20)15-23(21(24)14-22(25)26-3)18(2)19-10-6-4-7-11-19/h4-13,15,18H,14,16H2,1-3H3/b17-15+. The molecule has 1 unspecified atom stereocenters. The zero-order valence-corrected chi connectivity index (χ0v) is 16.7. The van der Waals surface area contributed by atoms with Crippen LogP contribution in [0.1, 0.15) is 31.9 Å². The Kier molecular flexibility index (Phi) is 8.14. The second-order valence-electron chi connectivity index (χ2n) is 6.22. The van der Waals surface area contributed by atoms with Gasteiger partial charge in [-0.2, -0.15) is 0 Å². The van der Waals surface area contributed by atoms with E-state index in [4.69, 9.17) is 0 Å². The third kappa shape index (κ3) is 6.61. The minimum absolute atomic E-state index is 0.181. The van der Waals surface area contributed by atoms with E-state index in [0.29, 0.717) is 0 Å². The van der Waals surface area contributed by atoms with Crippen LogP contribution in [0.25, 0.3) is 0 Å². The molecule has 0 heterocycles. The number of carbonyl (C=O) groups excluding carboxylic acids is 2. The van der Waals surface area contributed by atoms with E-state index >= 15 is 0 Å². The topological polar surface area (TPSA) is 46.6 Å². The Hall–Kier alpha value is -2.53. The van der Waals surface area contributed by atoms with Crippen molar-refractivity contribution in [2.75, 3.05) is 12.9 Å². The van der Waals surface area contributed by atoms with Gasteiger partial charge < -0.3 is 9.64 Å². The van der Waals surface area contributed by atoms with Crippen LogP contribution in [0, 0.1) is 0 Å². The number of hydrogen-bond acceptors (Lipinski definition) is 4. The first-order valence-corrected chi connectivity index (χ1v) is 9.78. The SMILES string of the molecule is COC(=O)CC(=O)N(/C=C(\C)CSc1ccccc1)C(C)c1ccccc1. The lowest BCUT2D eigenvalue weighted by atomic mass is 10.1. The van der Waals surface area contributed by atoms with Crippen molar-refractivity contribution < 1.29 is 14.3 Å². The highest BCUT2D eigenvalue weighted by Gasteiger charge is 2.22. The van der Waals surface area contributed by atoms with Gasteiger partial charge in [-0.25, -0.2) is 0 Å². The molecule has 2 aromatic carbocycles. The summed E-state index contributed by atoms with van der Waals surface area (Å²) < 4.78 is 4.66. The number of rotatable bonds is 8. The lowest BCUT2D eigenvalue weighted by Gasteiger charge is -2.27. The third-order valence-corrected chi connectivity index (χ3v) is 5.28. The van der Waals surface area contributed by atoms with Crippen LogP contribution in [0.2, 0.25) is 0 Å². The van der Waals surface area contributed by atoms with Crippen molar-refractivity contribution in [2.24, 2.45) is 0 Å². The second kappa shape index (κ2) is 10.6. The van der Waals surface area contributed by atoms with Crippen LogP contribution in [0.3, 0.4) is 0 Å². The van der Waals surface area contributed by atoms with E-state index in [1.165, 1.54) is 12.0 Å². The van der Waals surface area contributed by atoms with Crippen molar-refractivity contribution in [3.8, 4) is 0 Å². The van der Waals surface area contributed by atoms with Gasteiger partial charge in [0.15, 0.2) is 0 Å². The fourth-order valence-electron chi connectivity index (χ4n) is 2.57. The molecule has 5 heteroatoms. The summed E-state index contributed by atoms with van der Waals surface area (Å²) in [5.74, 6) is -0.0506. The summed E-state index contributed by atoms with van der Waals surface area (Å²) in [7, 11) is 1.29. The van der Waals surface area contributed by atoms with Gasteiger partial charge in [0, 0.05) is 16.8 Å². The third-order valence-electron chi connectivity index (χ3n) is 4.08. The van der Waals surface area contributed by atoms with Gasteiger partial charge in [-0.1, -0.05) is 48.5 Å². The Morgan fingerprint density at radius 1 is 1.07 bits per heavy atom. The van der Waals surface area contributed by atoms with Crippen molar-refractivity contribution in [1.29, 1.82) is 0 Å². The predicted molar refractivity (Wildman–Crippen MR) is 109 cm³/mol. The van der Waals surface area contributed by atoms with Crippen LogP contribution in [0.5, 0.6) is 0 Å². The second-order valence-corrected chi connectivity index (χ2v) is 7.27. The lowest BCUT2D eigenvalue weighted by molar-refractivity contribution is -0.146. The van der Waals surface area contributed by atoms with Crippen LogP contribution in [0.4, 0.5) is 0 Å². The fraction of sp³-hybridized carbons (Fsp3) is 0.273. The smallest absolute Gasteiger partial charge is 0.315 e. The van der Waals surface area contributed by atoms with Crippen LogP contribution in [0.15, 0.2) is 77.3 Å². The number of esters is 1. The number of hydrogen-bond donors (Lipinski definition) is 0. The molecule has 1 atom stereocenters. The number of methoxy groups -OCH3 is 1. The number of amides is 1. The van der Waals surface area contributed by atoms with E-state index in [1.807, 2.05) is 68.6 Å². The van der Waals surface area contributed by atoms with Crippen LogP contribution >= 0.6 is 11.8 Å². The van der Waals surface area contributed by atoms with Crippen LogP contribution in [-0.4, -0.2) is 29.6 Å². The quantitative estimate of drug-likeness (QED) is 0.372. The van der Waals surface area contributed by atoms with Gasteiger partial charge >= 0.3 is 5.97 Å². The van der Waals surface area contributed by atoms with Gasteiger partial charge in [-0.05, 0) is 37.1 Å². The monoisotopic (exact) mass is 383 g/mol. The summed E-state index contributed by atoms with van der Waals surface area (Å²) in [6, 6.07) is 19.7. The van der Waals surface area contributed by atoms with E-state index in [9.17, 15) is 9.59 Å². The van der Waals surface area contributed by atoms with Gasteiger partial charge in [-0.3, -0.25) is 9.59 Å². The maximum Gasteiger partial charge on any atom is 0.315 e. The van der Waals surface area contributed by atoms with E-state index in [2.05, 4.69) is 16.9 Å². The highest BCUT2D eigenvalue weighted by molar-refractivity contribution is 7.99. The summed E-state index contributed by atoms with van der Waals surface area (Å²) in [6.45, 7) is 3.95. The van der Waals surface area contributed by atoms with E-state index in [1.54, 1.807) is 16.7 Å². The van der Waals surface area contributed by atoms with Crippen molar-refractivity contribution >= 4 is 23.6 Å². The molecule has 0 fully saturated rings. The Labute approximate surface area is 165 Å². The number of benzene rings is 2. The molecule has 4 nitrogen and oxygen atoms in total. The maximum atomic E-state index is 12.7. The molecule has 142 valence electrons. The molecule has 0 radical (unpaired) electrons. The van der Waals surface area contributed by atoms with E-state index < -0.39 is 5.97 Å². The number of thioether (sulfide) groups is 1. The largest absolute Gasteiger partial charge is 0.469 e. The minimum atomic E-state index is -0.532. The molecule has 0 N–H and O–H groups in total. The molecule has 0 aromatic heterocycles. The Bertz CT molecular complexity index is 775. The summed E-state index contributed by atoms with van der Waals surface area (Å²) in [5, 5.41) is 0. The average Bonchev–Trinajstić information content (AvgIpc) is 2.71. The van der Waals surface area contributed by atoms with E-state index in [-0.39, 0.29) is 18.4 Å².